The lowest BCUT2D eigenvalue weighted by Gasteiger charge is -2.23. The van der Waals surface area contributed by atoms with E-state index in [1.807, 2.05) is 36.2 Å². The van der Waals surface area contributed by atoms with Crippen LogP contribution in [0.3, 0.4) is 0 Å². The van der Waals surface area contributed by atoms with E-state index in [0.717, 1.165) is 28.9 Å². The lowest BCUT2D eigenvalue weighted by molar-refractivity contribution is -0.131. The number of rotatable bonds is 6. The van der Waals surface area contributed by atoms with Gasteiger partial charge in [-0.1, -0.05) is 30.3 Å². The number of carbonyl (C=O) groups is 1. The van der Waals surface area contributed by atoms with Crippen LogP contribution < -0.4 is 0 Å². The molecule has 0 saturated heterocycles. The molecule has 0 fully saturated rings. The van der Waals surface area contributed by atoms with Gasteiger partial charge in [0, 0.05) is 30.6 Å². The fourth-order valence-electron chi connectivity index (χ4n) is 3.40. The summed E-state index contributed by atoms with van der Waals surface area (Å²) in [4.78, 5) is 22.5. The number of nitrogens with zero attached hydrogens (tertiary/aromatic N) is 2. The lowest BCUT2D eigenvalue weighted by Crippen LogP contribution is -2.29. The van der Waals surface area contributed by atoms with E-state index in [2.05, 4.69) is 42.4 Å². The van der Waals surface area contributed by atoms with Crippen molar-refractivity contribution in [3.8, 4) is 0 Å². The number of carbonyl (C=O) groups excluding carboxylic acids is 1. The van der Waals surface area contributed by atoms with Gasteiger partial charge in [0.05, 0.1) is 16.3 Å². The summed E-state index contributed by atoms with van der Waals surface area (Å²) in [7, 11) is 1.88. The molecule has 1 amide bonds. The maximum atomic E-state index is 12.7. The maximum absolute atomic E-state index is 12.7. The van der Waals surface area contributed by atoms with Gasteiger partial charge in [0.1, 0.15) is 5.01 Å². The zero-order valence-electron chi connectivity index (χ0n) is 15.6. The number of aromatic nitrogens is 2. The van der Waals surface area contributed by atoms with Gasteiger partial charge in [0.25, 0.3) is 0 Å². The molecule has 1 atom stereocenters. The molecule has 4 nitrogen and oxygen atoms in total. The molecule has 0 radical (unpaired) electrons. The molecule has 2 aromatic heterocycles. The zero-order chi connectivity index (χ0) is 18.8. The summed E-state index contributed by atoms with van der Waals surface area (Å²) in [6.07, 6.45) is 4.35. The van der Waals surface area contributed by atoms with Crippen LogP contribution in [0.4, 0.5) is 0 Å². The Balaban J connectivity index is 1.37. The lowest BCUT2D eigenvalue weighted by atomic mass is 10.1. The van der Waals surface area contributed by atoms with Gasteiger partial charge < -0.3 is 9.88 Å². The molecule has 27 heavy (non-hydrogen) atoms. The highest BCUT2D eigenvalue weighted by atomic mass is 32.1. The van der Waals surface area contributed by atoms with Crippen molar-refractivity contribution in [1.29, 1.82) is 0 Å². The topological polar surface area (TPSA) is 49.0 Å². The Morgan fingerprint density at radius 2 is 1.96 bits per heavy atom. The van der Waals surface area contributed by atoms with Crippen molar-refractivity contribution in [3.05, 3.63) is 65.3 Å². The second kappa shape index (κ2) is 7.53. The molecule has 0 aliphatic heterocycles. The van der Waals surface area contributed by atoms with E-state index in [9.17, 15) is 4.79 Å². The van der Waals surface area contributed by atoms with Gasteiger partial charge in [0.2, 0.25) is 5.91 Å². The molecule has 1 unspecified atom stereocenters. The molecule has 4 rings (SSSR count). The number of aromatic amines is 1. The minimum atomic E-state index is -0.0111. The van der Waals surface area contributed by atoms with Gasteiger partial charge in [-0.05, 0) is 43.5 Å². The second-order valence-electron chi connectivity index (χ2n) is 6.91. The van der Waals surface area contributed by atoms with E-state index >= 15 is 0 Å². The molecular weight excluding hydrogens is 354 g/mol. The van der Waals surface area contributed by atoms with Crippen molar-refractivity contribution < 1.29 is 4.79 Å². The predicted molar refractivity (Wildman–Crippen MR) is 112 cm³/mol. The fraction of sp³-hybridized carbons (Fsp3) is 0.273. The van der Waals surface area contributed by atoms with E-state index in [0.29, 0.717) is 6.42 Å². The Labute approximate surface area is 162 Å². The van der Waals surface area contributed by atoms with Crippen molar-refractivity contribution >= 4 is 38.4 Å². The first-order valence-electron chi connectivity index (χ1n) is 9.29. The minimum Gasteiger partial charge on any atom is -0.361 e. The number of para-hydroxylation sites is 2. The Hall–Kier alpha value is -2.66. The third-order valence-corrected chi connectivity index (χ3v) is 6.36. The molecule has 138 valence electrons. The minimum absolute atomic E-state index is 0.0111. The van der Waals surface area contributed by atoms with E-state index in [4.69, 9.17) is 4.98 Å². The normalized spacial score (nSPS) is 12.5. The first kappa shape index (κ1) is 17.7. The van der Waals surface area contributed by atoms with Crippen LogP contribution in [0.1, 0.15) is 36.4 Å². The highest BCUT2D eigenvalue weighted by Crippen LogP contribution is 2.29. The van der Waals surface area contributed by atoms with Crippen LogP contribution in [0, 0.1) is 0 Å². The molecule has 5 heteroatoms. The number of benzene rings is 2. The summed E-state index contributed by atoms with van der Waals surface area (Å²) in [5, 5.41) is 2.24. The SMILES string of the molecule is CC(c1nc2ccccc2s1)N(C)C(=O)CCCc1c[nH]c2ccccc12. The molecule has 0 spiro atoms. The van der Waals surface area contributed by atoms with Gasteiger partial charge in [-0.25, -0.2) is 4.98 Å². The van der Waals surface area contributed by atoms with E-state index in [1.165, 1.54) is 15.6 Å². The maximum Gasteiger partial charge on any atom is 0.222 e. The molecule has 0 aliphatic carbocycles. The Kier molecular flexibility index (Phi) is 4.94. The summed E-state index contributed by atoms with van der Waals surface area (Å²) < 4.78 is 1.17. The molecule has 0 bridgehead atoms. The first-order valence-corrected chi connectivity index (χ1v) is 10.1. The first-order chi connectivity index (χ1) is 13.1. The largest absolute Gasteiger partial charge is 0.361 e. The number of amides is 1. The van der Waals surface area contributed by atoms with Crippen LogP contribution >= 0.6 is 11.3 Å². The number of thiazole rings is 1. The average molecular weight is 378 g/mol. The quantitative estimate of drug-likeness (QED) is 0.494. The summed E-state index contributed by atoms with van der Waals surface area (Å²) >= 11 is 1.67. The van der Waals surface area contributed by atoms with Crippen molar-refractivity contribution in [3.63, 3.8) is 0 Å². The van der Waals surface area contributed by atoms with Crippen LogP contribution in [0.25, 0.3) is 21.1 Å². The summed E-state index contributed by atoms with van der Waals surface area (Å²) in [6.45, 7) is 2.05. The number of hydrogen-bond acceptors (Lipinski definition) is 3. The van der Waals surface area contributed by atoms with Crippen molar-refractivity contribution in [2.24, 2.45) is 0 Å². The van der Waals surface area contributed by atoms with Gasteiger partial charge in [-0.3, -0.25) is 4.79 Å². The molecule has 2 heterocycles. The van der Waals surface area contributed by atoms with Crippen molar-refractivity contribution in [2.75, 3.05) is 7.05 Å². The Morgan fingerprint density at radius 1 is 1.19 bits per heavy atom. The number of aryl methyl sites for hydroxylation is 1. The monoisotopic (exact) mass is 377 g/mol. The van der Waals surface area contributed by atoms with Crippen LogP contribution in [0.15, 0.2) is 54.7 Å². The number of fused-ring (bicyclic) bond motifs is 2. The van der Waals surface area contributed by atoms with E-state index < -0.39 is 0 Å². The second-order valence-corrected chi connectivity index (χ2v) is 7.98. The summed E-state index contributed by atoms with van der Waals surface area (Å²) in [5.74, 6) is 0.168. The van der Waals surface area contributed by atoms with Crippen LogP contribution in [-0.2, 0) is 11.2 Å². The number of nitrogens with one attached hydrogen (secondary N) is 1. The van der Waals surface area contributed by atoms with Crippen molar-refractivity contribution in [1.82, 2.24) is 14.9 Å². The average Bonchev–Trinajstić information content (AvgIpc) is 3.31. The van der Waals surface area contributed by atoms with Crippen molar-refractivity contribution in [2.45, 2.75) is 32.2 Å². The summed E-state index contributed by atoms with van der Waals surface area (Å²) in [5.41, 5.74) is 3.44. The molecule has 2 aromatic carbocycles. The smallest absolute Gasteiger partial charge is 0.222 e. The fourth-order valence-corrected chi connectivity index (χ4v) is 4.46. The van der Waals surface area contributed by atoms with Gasteiger partial charge in [-0.2, -0.15) is 0 Å². The van der Waals surface area contributed by atoms with Crippen LogP contribution in [0.2, 0.25) is 0 Å². The summed E-state index contributed by atoms with van der Waals surface area (Å²) in [6, 6.07) is 16.4. The van der Waals surface area contributed by atoms with E-state index in [-0.39, 0.29) is 11.9 Å². The third kappa shape index (κ3) is 3.60. The number of hydrogen-bond donors (Lipinski definition) is 1. The molecule has 0 saturated carbocycles. The Morgan fingerprint density at radius 3 is 2.81 bits per heavy atom. The molecule has 1 N–H and O–H groups in total. The van der Waals surface area contributed by atoms with Crippen LogP contribution in [0.5, 0.6) is 0 Å². The zero-order valence-corrected chi connectivity index (χ0v) is 16.4. The van der Waals surface area contributed by atoms with Crippen LogP contribution in [-0.4, -0.2) is 27.8 Å². The van der Waals surface area contributed by atoms with E-state index in [1.54, 1.807) is 11.3 Å². The highest BCUT2D eigenvalue weighted by Gasteiger charge is 2.20. The highest BCUT2D eigenvalue weighted by molar-refractivity contribution is 7.18. The number of H-pyrrole nitrogens is 1. The molecule has 4 aromatic rings. The van der Waals surface area contributed by atoms with Gasteiger partial charge in [0.15, 0.2) is 0 Å². The Bertz CT molecular complexity index is 1050. The van der Waals surface area contributed by atoms with Gasteiger partial charge in [-0.15, -0.1) is 11.3 Å². The molecular formula is C22H23N3OS. The standard InChI is InChI=1S/C22H23N3OS/c1-15(22-24-19-11-5-6-12-20(19)27-22)25(2)21(26)13-7-8-16-14-23-18-10-4-3-9-17(16)18/h3-6,9-12,14-15,23H,7-8,13H2,1-2H3. The molecule has 0 aliphatic rings. The van der Waals surface area contributed by atoms with Gasteiger partial charge >= 0.3 is 0 Å². The predicted octanol–water partition coefficient (Wildman–Crippen LogP) is 5.32. The third-order valence-electron chi connectivity index (χ3n) is 5.15.